The van der Waals surface area contributed by atoms with Crippen LogP contribution in [0, 0.1) is 5.41 Å². The Kier molecular flexibility index (Phi) is 4.24. The average Bonchev–Trinajstić information content (AvgIpc) is 3.33. The Bertz CT molecular complexity index is 991. The zero-order valence-electron chi connectivity index (χ0n) is 16.2. The van der Waals surface area contributed by atoms with Crippen molar-refractivity contribution in [2.45, 2.75) is 51.7 Å². The molecule has 1 spiro atoms. The van der Waals surface area contributed by atoms with Gasteiger partial charge in [0.25, 0.3) is 17.7 Å². The van der Waals surface area contributed by atoms with Gasteiger partial charge in [-0.1, -0.05) is 6.07 Å². The fourth-order valence-electron chi connectivity index (χ4n) is 3.83. The van der Waals surface area contributed by atoms with Crippen molar-refractivity contribution in [2.75, 3.05) is 0 Å². The van der Waals surface area contributed by atoms with Gasteiger partial charge in [0, 0.05) is 4.47 Å². The molecule has 9 heteroatoms. The highest BCUT2D eigenvalue weighted by Gasteiger charge is 2.63. The summed E-state index contributed by atoms with van der Waals surface area (Å²) < 4.78 is 5.68. The first-order valence-corrected chi connectivity index (χ1v) is 10.0. The molecule has 1 saturated heterocycles. The summed E-state index contributed by atoms with van der Waals surface area (Å²) in [5.74, 6) is -2.76. The number of hydrogen-bond donors (Lipinski definition) is 0. The van der Waals surface area contributed by atoms with Crippen LogP contribution in [-0.4, -0.2) is 51.2 Å². The number of piperidine rings is 1. The molecule has 0 aromatic heterocycles. The molecular weight excluding hydrogens is 444 g/mol. The van der Waals surface area contributed by atoms with E-state index >= 15 is 0 Å². The Morgan fingerprint density at radius 2 is 1.79 bits per heavy atom. The van der Waals surface area contributed by atoms with Crippen LogP contribution in [-0.2, 0) is 14.3 Å². The predicted octanol–water partition coefficient (Wildman–Crippen LogP) is 2.89. The van der Waals surface area contributed by atoms with Crippen LogP contribution in [0.2, 0.25) is 0 Å². The summed E-state index contributed by atoms with van der Waals surface area (Å²) in [5.41, 5.74) is -1.47. The Labute approximate surface area is 175 Å². The molecule has 1 saturated carbocycles. The lowest BCUT2D eigenvalue weighted by Crippen LogP contribution is -2.61. The van der Waals surface area contributed by atoms with E-state index in [0.717, 1.165) is 4.90 Å². The summed E-state index contributed by atoms with van der Waals surface area (Å²) in [5, 5.41) is 0. The number of carbonyl (C=O) groups excluding carboxylic acids is 5. The Hall–Kier alpha value is -2.55. The SMILES string of the molecule is CC(C)(C)OC(=O)N1C(=O)C(N2C(=O)c3cccc(Br)c3C2=O)CC2(CC2)C1=O. The van der Waals surface area contributed by atoms with E-state index in [-0.39, 0.29) is 17.5 Å². The molecule has 8 nitrogen and oxygen atoms in total. The Morgan fingerprint density at radius 3 is 2.34 bits per heavy atom. The van der Waals surface area contributed by atoms with Crippen molar-refractivity contribution in [3.8, 4) is 0 Å². The number of halogens is 1. The first-order valence-electron chi connectivity index (χ1n) is 9.25. The van der Waals surface area contributed by atoms with Crippen LogP contribution in [0.3, 0.4) is 0 Å². The van der Waals surface area contributed by atoms with E-state index < -0.39 is 46.8 Å². The molecule has 1 atom stereocenters. The zero-order valence-corrected chi connectivity index (χ0v) is 17.7. The average molecular weight is 463 g/mol. The number of likely N-dealkylation sites (tertiary alicyclic amines) is 1. The third kappa shape index (κ3) is 2.99. The minimum absolute atomic E-state index is 0.0209. The third-order valence-electron chi connectivity index (χ3n) is 5.38. The lowest BCUT2D eigenvalue weighted by atomic mass is 9.89. The van der Waals surface area contributed by atoms with Gasteiger partial charge < -0.3 is 4.74 Å². The number of hydrogen-bond acceptors (Lipinski definition) is 6. The van der Waals surface area contributed by atoms with Gasteiger partial charge in [-0.25, -0.2) is 4.79 Å². The van der Waals surface area contributed by atoms with E-state index in [1.807, 2.05) is 0 Å². The van der Waals surface area contributed by atoms with Gasteiger partial charge in [0.05, 0.1) is 16.5 Å². The van der Waals surface area contributed by atoms with E-state index in [9.17, 15) is 24.0 Å². The van der Waals surface area contributed by atoms with Crippen LogP contribution in [0.15, 0.2) is 22.7 Å². The molecule has 1 aromatic carbocycles. The number of nitrogens with zero attached hydrogens (tertiary/aromatic N) is 2. The molecule has 2 heterocycles. The topological polar surface area (TPSA) is 101 Å². The van der Waals surface area contributed by atoms with Gasteiger partial charge >= 0.3 is 6.09 Å². The van der Waals surface area contributed by atoms with Crippen molar-refractivity contribution in [1.82, 2.24) is 9.80 Å². The number of amides is 5. The molecule has 29 heavy (non-hydrogen) atoms. The van der Waals surface area contributed by atoms with E-state index in [0.29, 0.717) is 22.2 Å². The van der Waals surface area contributed by atoms with Crippen molar-refractivity contribution in [1.29, 1.82) is 0 Å². The molecule has 2 fully saturated rings. The van der Waals surface area contributed by atoms with Crippen LogP contribution in [0.1, 0.15) is 60.7 Å². The summed E-state index contributed by atoms with van der Waals surface area (Å²) in [4.78, 5) is 65.9. The highest BCUT2D eigenvalue weighted by molar-refractivity contribution is 9.10. The molecule has 0 N–H and O–H groups in total. The minimum atomic E-state index is -1.23. The maximum atomic E-state index is 13.1. The quantitative estimate of drug-likeness (QED) is 0.594. The van der Waals surface area contributed by atoms with Crippen LogP contribution in [0.25, 0.3) is 0 Å². The maximum absolute atomic E-state index is 13.1. The molecule has 0 radical (unpaired) electrons. The summed E-state index contributed by atoms with van der Waals surface area (Å²) in [6, 6.07) is 3.54. The first-order chi connectivity index (χ1) is 13.5. The van der Waals surface area contributed by atoms with Crippen molar-refractivity contribution in [3.63, 3.8) is 0 Å². The van der Waals surface area contributed by atoms with Crippen LogP contribution >= 0.6 is 15.9 Å². The number of ether oxygens (including phenoxy) is 1. The predicted molar refractivity (Wildman–Crippen MR) is 103 cm³/mol. The Morgan fingerprint density at radius 1 is 1.14 bits per heavy atom. The summed E-state index contributed by atoms with van der Waals surface area (Å²) in [7, 11) is 0. The highest BCUT2D eigenvalue weighted by Crippen LogP contribution is 2.54. The molecule has 2 aliphatic heterocycles. The van der Waals surface area contributed by atoms with Gasteiger partial charge in [-0.3, -0.25) is 24.1 Å². The van der Waals surface area contributed by atoms with Gasteiger partial charge in [-0.15, -0.1) is 0 Å². The molecule has 0 bridgehead atoms. The molecule has 1 aliphatic carbocycles. The highest BCUT2D eigenvalue weighted by atomic mass is 79.9. The van der Waals surface area contributed by atoms with Crippen LogP contribution < -0.4 is 0 Å². The van der Waals surface area contributed by atoms with E-state index in [1.54, 1.807) is 32.9 Å². The van der Waals surface area contributed by atoms with E-state index in [2.05, 4.69) is 15.9 Å². The van der Waals surface area contributed by atoms with Gasteiger partial charge in [0.15, 0.2) is 0 Å². The zero-order chi connectivity index (χ0) is 21.3. The largest absolute Gasteiger partial charge is 0.443 e. The number of imide groups is 4. The molecule has 152 valence electrons. The maximum Gasteiger partial charge on any atom is 0.424 e. The van der Waals surface area contributed by atoms with Gasteiger partial charge in [-0.05, 0) is 68.1 Å². The van der Waals surface area contributed by atoms with Crippen molar-refractivity contribution in [2.24, 2.45) is 5.41 Å². The summed E-state index contributed by atoms with van der Waals surface area (Å²) >= 11 is 3.27. The molecule has 5 amide bonds. The monoisotopic (exact) mass is 462 g/mol. The summed E-state index contributed by atoms with van der Waals surface area (Å²) in [6.07, 6.45) is -0.0855. The number of benzene rings is 1. The second kappa shape index (κ2) is 6.22. The summed E-state index contributed by atoms with van der Waals surface area (Å²) in [6.45, 7) is 4.86. The van der Waals surface area contributed by atoms with Crippen molar-refractivity contribution in [3.05, 3.63) is 33.8 Å². The lowest BCUT2D eigenvalue weighted by Gasteiger charge is -2.38. The molecule has 1 aromatic rings. The second-order valence-electron chi connectivity index (χ2n) is 8.60. The van der Waals surface area contributed by atoms with E-state index in [1.165, 1.54) is 6.07 Å². The second-order valence-corrected chi connectivity index (χ2v) is 9.46. The number of fused-ring (bicyclic) bond motifs is 1. The van der Waals surface area contributed by atoms with E-state index in [4.69, 9.17) is 4.74 Å². The fourth-order valence-corrected chi connectivity index (χ4v) is 4.36. The molecular formula is C20H19BrN2O6. The molecule has 1 unspecified atom stereocenters. The molecule has 3 aliphatic rings. The minimum Gasteiger partial charge on any atom is -0.443 e. The smallest absolute Gasteiger partial charge is 0.424 e. The lowest BCUT2D eigenvalue weighted by molar-refractivity contribution is -0.155. The Balaban J connectivity index is 1.72. The van der Waals surface area contributed by atoms with Crippen LogP contribution in [0.5, 0.6) is 0 Å². The first kappa shape index (κ1) is 19.8. The third-order valence-corrected chi connectivity index (χ3v) is 6.04. The number of rotatable bonds is 1. The van der Waals surface area contributed by atoms with Gasteiger partial charge in [0.2, 0.25) is 5.91 Å². The van der Waals surface area contributed by atoms with Crippen molar-refractivity contribution >= 4 is 45.7 Å². The number of carbonyl (C=O) groups is 5. The molecule has 4 rings (SSSR count). The fraction of sp³-hybridized carbons (Fsp3) is 0.450. The van der Waals surface area contributed by atoms with Crippen LogP contribution in [0.4, 0.5) is 4.79 Å². The standard InChI is InChI=1S/C20H19BrN2O6/c1-19(2,3)29-18(28)23-15(25)12(9-20(7-8-20)17(23)27)22-14(24)10-5-4-6-11(21)13(10)16(22)26/h4-6,12H,7-9H2,1-3H3. The van der Waals surface area contributed by atoms with Crippen molar-refractivity contribution < 1.29 is 28.7 Å². The van der Waals surface area contributed by atoms with Gasteiger partial charge in [-0.2, -0.15) is 4.90 Å². The van der Waals surface area contributed by atoms with Gasteiger partial charge in [0.1, 0.15) is 11.6 Å². The normalized spacial score (nSPS) is 23.0.